The van der Waals surface area contributed by atoms with Gasteiger partial charge < -0.3 is 14.2 Å². The summed E-state index contributed by atoms with van der Waals surface area (Å²) < 4.78 is 16.8. The quantitative estimate of drug-likeness (QED) is 0.0261. The number of carbonyl (C=O) groups excluding carboxylic acids is 3. The summed E-state index contributed by atoms with van der Waals surface area (Å²) in [7, 11) is 0. The largest absolute Gasteiger partial charge is 0.462 e. The molecule has 0 saturated heterocycles. The van der Waals surface area contributed by atoms with E-state index in [1.807, 2.05) is 0 Å². The van der Waals surface area contributed by atoms with Crippen molar-refractivity contribution in [2.45, 2.75) is 297 Å². The average Bonchev–Trinajstić information content (AvgIpc) is 3.39. The number of unbranched alkanes of at least 4 members (excludes halogenated alkanes) is 28. The lowest BCUT2D eigenvalue weighted by Gasteiger charge is -2.18. The maximum atomic E-state index is 12.8. The van der Waals surface area contributed by atoms with Crippen LogP contribution in [0, 0.1) is 0 Å². The van der Waals surface area contributed by atoms with Gasteiger partial charge in [0.1, 0.15) is 13.2 Å². The van der Waals surface area contributed by atoms with E-state index >= 15 is 0 Å². The summed E-state index contributed by atoms with van der Waals surface area (Å²) in [6.45, 7) is 6.50. The lowest BCUT2D eigenvalue weighted by Crippen LogP contribution is -2.30. The number of allylic oxidation sites excluding steroid dienone is 16. The Balaban J connectivity index is 4.22. The van der Waals surface area contributed by atoms with Crippen molar-refractivity contribution in [3.63, 3.8) is 0 Å². The summed E-state index contributed by atoms with van der Waals surface area (Å²) >= 11 is 0. The number of rotatable bonds is 55. The molecule has 0 aliphatic rings. The second-order valence-corrected chi connectivity index (χ2v) is 20.2. The first-order valence-corrected chi connectivity index (χ1v) is 30.7. The molecule has 418 valence electrons. The Kier molecular flexibility index (Phi) is 57.8. The van der Waals surface area contributed by atoms with Crippen LogP contribution in [-0.4, -0.2) is 37.2 Å². The molecular weight excluding hydrogens is 901 g/mol. The van der Waals surface area contributed by atoms with Crippen molar-refractivity contribution in [3.05, 3.63) is 97.2 Å². The average molecular weight is 1020 g/mol. The highest BCUT2D eigenvalue weighted by atomic mass is 16.6. The first kappa shape index (κ1) is 69.3. The fourth-order valence-electron chi connectivity index (χ4n) is 8.48. The minimum Gasteiger partial charge on any atom is -0.462 e. The lowest BCUT2D eigenvalue weighted by atomic mass is 10.1. The first-order valence-electron chi connectivity index (χ1n) is 30.7. The minimum absolute atomic E-state index is 0.0809. The van der Waals surface area contributed by atoms with Gasteiger partial charge in [0.15, 0.2) is 6.10 Å². The smallest absolute Gasteiger partial charge is 0.306 e. The van der Waals surface area contributed by atoms with E-state index in [0.29, 0.717) is 19.3 Å². The second-order valence-electron chi connectivity index (χ2n) is 20.2. The number of esters is 3. The fraction of sp³-hybridized carbons (Fsp3) is 0.716. The van der Waals surface area contributed by atoms with Gasteiger partial charge in [0.25, 0.3) is 0 Å². The molecule has 0 spiro atoms. The van der Waals surface area contributed by atoms with Crippen LogP contribution < -0.4 is 0 Å². The van der Waals surface area contributed by atoms with Crippen molar-refractivity contribution in [3.8, 4) is 0 Å². The normalized spacial score (nSPS) is 12.8. The maximum Gasteiger partial charge on any atom is 0.306 e. The SMILES string of the molecule is CC/C=C\C/C=C\C/C=C\C/C=C\C/C=C\C/C=C\C/C=C\CCCCCCCCCC(=O)OCC(COC(=O)CCCCCCCCCC)OC(=O)CCCCCCCCC/C=C\CCCCCCCCC. The Bertz CT molecular complexity index is 1440. The van der Waals surface area contributed by atoms with Crippen LogP contribution >= 0.6 is 0 Å². The molecule has 0 aromatic rings. The summed E-state index contributed by atoms with van der Waals surface area (Å²) in [4.78, 5) is 38.1. The van der Waals surface area contributed by atoms with E-state index in [1.165, 1.54) is 141 Å². The number of ether oxygens (including phenoxy) is 3. The molecule has 0 N–H and O–H groups in total. The van der Waals surface area contributed by atoms with Crippen molar-refractivity contribution in [2.24, 2.45) is 0 Å². The van der Waals surface area contributed by atoms with Crippen molar-refractivity contribution >= 4 is 17.9 Å². The molecule has 6 nitrogen and oxygen atoms in total. The minimum atomic E-state index is -0.782. The topological polar surface area (TPSA) is 78.9 Å². The number of carbonyl (C=O) groups is 3. The maximum absolute atomic E-state index is 12.8. The van der Waals surface area contributed by atoms with E-state index in [-0.39, 0.29) is 31.1 Å². The zero-order valence-electron chi connectivity index (χ0n) is 47.9. The summed E-state index contributed by atoms with van der Waals surface area (Å²) in [5.74, 6) is -0.895. The lowest BCUT2D eigenvalue weighted by molar-refractivity contribution is -0.167. The summed E-state index contributed by atoms with van der Waals surface area (Å²) in [6.07, 6.45) is 81.3. The molecule has 0 aromatic carbocycles. The van der Waals surface area contributed by atoms with Crippen LogP contribution in [0.25, 0.3) is 0 Å². The molecule has 73 heavy (non-hydrogen) atoms. The zero-order chi connectivity index (χ0) is 52.9. The highest BCUT2D eigenvalue weighted by molar-refractivity contribution is 5.71. The summed E-state index contributed by atoms with van der Waals surface area (Å²) in [6, 6.07) is 0. The summed E-state index contributed by atoms with van der Waals surface area (Å²) in [5.41, 5.74) is 0. The van der Waals surface area contributed by atoms with Crippen molar-refractivity contribution < 1.29 is 28.6 Å². The molecule has 0 amide bonds. The number of hydrogen-bond donors (Lipinski definition) is 0. The van der Waals surface area contributed by atoms with E-state index in [1.54, 1.807) is 0 Å². The van der Waals surface area contributed by atoms with Gasteiger partial charge in [-0.2, -0.15) is 0 Å². The van der Waals surface area contributed by atoms with Crippen molar-refractivity contribution in [2.75, 3.05) is 13.2 Å². The van der Waals surface area contributed by atoms with Crippen LogP contribution in [0.5, 0.6) is 0 Å². The van der Waals surface area contributed by atoms with Gasteiger partial charge in [0, 0.05) is 19.3 Å². The molecule has 0 rings (SSSR count). The van der Waals surface area contributed by atoms with Gasteiger partial charge in [-0.1, -0.05) is 266 Å². The van der Waals surface area contributed by atoms with Gasteiger partial charge >= 0.3 is 17.9 Å². The Labute approximate surface area is 451 Å². The van der Waals surface area contributed by atoms with Crippen LogP contribution in [0.2, 0.25) is 0 Å². The van der Waals surface area contributed by atoms with Gasteiger partial charge in [-0.05, 0) is 103 Å². The Morgan fingerprint density at radius 2 is 0.534 bits per heavy atom. The Morgan fingerprint density at radius 3 is 0.849 bits per heavy atom. The van der Waals surface area contributed by atoms with Crippen LogP contribution in [0.4, 0.5) is 0 Å². The molecule has 0 aromatic heterocycles. The highest BCUT2D eigenvalue weighted by Gasteiger charge is 2.19. The predicted molar refractivity (Wildman–Crippen MR) is 316 cm³/mol. The van der Waals surface area contributed by atoms with Crippen molar-refractivity contribution in [1.82, 2.24) is 0 Å². The van der Waals surface area contributed by atoms with E-state index < -0.39 is 6.10 Å². The van der Waals surface area contributed by atoms with Crippen molar-refractivity contribution in [1.29, 1.82) is 0 Å². The molecule has 6 heteroatoms. The molecule has 0 saturated carbocycles. The molecule has 0 heterocycles. The monoisotopic (exact) mass is 1010 g/mol. The molecule has 0 aliphatic heterocycles. The third-order valence-corrected chi connectivity index (χ3v) is 13.1. The van der Waals surface area contributed by atoms with E-state index in [0.717, 1.165) is 109 Å². The van der Waals surface area contributed by atoms with Gasteiger partial charge in [-0.15, -0.1) is 0 Å². The third kappa shape index (κ3) is 59.1. The molecule has 1 atom stereocenters. The molecule has 0 fully saturated rings. The Morgan fingerprint density at radius 1 is 0.288 bits per heavy atom. The van der Waals surface area contributed by atoms with Crippen LogP contribution in [0.1, 0.15) is 290 Å². The molecular formula is C67H114O6. The van der Waals surface area contributed by atoms with Gasteiger partial charge in [-0.3, -0.25) is 14.4 Å². The second kappa shape index (κ2) is 60.9. The standard InChI is InChI=1S/C67H114O6/c1-4-7-10-13-16-19-21-23-25-27-29-30-31-32-33-34-35-36-37-38-39-41-42-44-46-48-51-54-57-60-66(69)72-63-64(62-71-65(68)59-56-53-50-18-15-12-9-6-3)73-67(70)61-58-55-52-49-47-45-43-40-28-26-24-22-20-17-14-11-8-5-2/h7,10,16,19,23,25-26,28-30,32-33,35-36,38-39,64H,4-6,8-9,11-15,17-18,20-22,24,27,31,34,37,40-63H2,1-3H3/b10-7-,19-16-,25-23-,28-26-,30-29-,33-32-,36-35-,39-38-. The van der Waals surface area contributed by atoms with Gasteiger partial charge in [0.05, 0.1) is 0 Å². The molecule has 0 aliphatic carbocycles. The zero-order valence-corrected chi connectivity index (χ0v) is 47.9. The van der Waals surface area contributed by atoms with Crippen LogP contribution in [0.15, 0.2) is 97.2 Å². The first-order chi connectivity index (χ1) is 36.0. The van der Waals surface area contributed by atoms with Gasteiger partial charge in [-0.25, -0.2) is 0 Å². The van der Waals surface area contributed by atoms with Crippen LogP contribution in [0.3, 0.4) is 0 Å². The van der Waals surface area contributed by atoms with Crippen LogP contribution in [-0.2, 0) is 28.6 Å². The predicted octanol–water partition coefficient (Wildman–Crippen LogP) is 20.9. The van der Waals surface area contributed by atoms with E-state index in [2.05, 4.69) is 118 Å². The van der Waals surface area contributed by atoms with E-state index in [4.69, 9.17) is 14.2 Å². The third-order valence-electron chi connectivity index (χ3n) is 13.1. The molecule has 0 bridgehead atoms. The summed E-state index contributed by atoms with van der Waals surface area (Å²) in [5, 5.41) is 0. The molecule has 1 unspecified atom stereocenters. The molecule has 0 radical (unpaired) electrons. The number of hydrogen-bond acceptors (Lipinski definition) is 6. The van der Waals surface area contributed by atoms with Gasteiger partial charge in [0.2, 0.25) is 0 Å². The highest BCUT2D eigenvalue weighted by Crippen LogP contribution is 2.15. The fourth-order valence-corrected chi connectivity index (χ4v) is 8.48. The Hall–Kier alpha value is -3.67. The van der Waals surface area contributed by atoms with E-state index in [9.17, 15) is 14.4 Å².